The highest BCUT2D eigenvalue weighted by atomic mass is 35.5. The maximum Gasteiger partial charge on any atom is 0.197 e. The molecular weight excluding hydrogens is 294 g/mol. The van der Waals surface area contributed by atoms with Crippen LogP contribution in [0.5, 0.6) is 0 Å². The predicted octanol–water partition coefficient (Wildman–Crippen LogP) is 3.89. The van der Waals surface area contributed by atoms with Gasteiger partial charge in [-0.2, -0.15) is 11.8 Å². The topological polar surface area (TPSA) is 34.4 Å². The van der Waals surface area contributed by atoms with E-state index >= 15 is 0 Å². The van der Waals surface area contributed by atoms with Crippen LogP contribution in [-0.2, 0) is 4.74 Å². The van der Waals surface area contributed by atoms with Crippen LogP contribution in [-0.4, -0.2) is 30.3 Å². The highest BCUT2D eigenvalue weighted by Crippen LogP contribution is 2.44. The Bertz CT molecular complexity index is 445. The van der Waals surface area contributed by atoms with Crippen LogP contribution in [0.15, 0.2) is 16.7 Å². The van der Waals surface area contributed by atoms with E-state index < -0.39 is 0 Å². The highest BCUT2D eigenvalue weighted by Gasteiger charge is 2.43. The Balaban J connectivity index is 1.79. The highest BCUT2D eigenvalue weighted by molar-refractivity contribution is 7.99. The van der Waals surface area contributed by atoms with Gasteiger partial charge in [0.1, 0.15) is 0 Å². The van der Waals surface area contributed by atoms with E-state index in [0.29, 0.717) is 11.1 Å². The first kappa shape index (κ1) is 14.8. The molecule has 20 heavy (non-hydrogen) atoms. The fourth-order valence-electron chi connectivity index (χ4n) is 3.49. The minimum absolute atomic E-state index is 0.109. The summed E-state index contributed by atoms with van der Waals surface area (Å²) in [5.41, 5.74) is 1.21. The summed E-state index contributed by atoms with van der Waals surface area (Å²) in [6, 6.07) is 2.28. The van der Waals surface area contributed by atoms with E-state index in [1.54, 1.807) is 6.26 Å². The Kier molecular flexibility index (Phi) is 4.65. The van der Waals surface area contributed by atoms with E-state index in [9.17, 15) is 0 Å². The van der Waals surface area contributed by atoms with E-state index in [4.69, 9.17) is 20.8 Å². The lowest BCUT2D eigenvalue weighted by atomic mass is 9.79. The lowest BCUT2D eigenvalue weighted by Gasteiger charge is -2.41. The van der Waals surface area contributed by atoms with Crippen LogP contribution in [0.1, 0.15) is 37.8 Å². The number of ether oxygens (including phenoxy) is 1. The van der Waals surface area contributed by atoms with Gasteiger partial charge in [0.2, 0.25) is 0 Å². The SMILES string of the molecule is CCNC(c1ccoc1Cl)C1CCOC2(CCSC2)C1. The first-order valence-electron chi connectivity index (χ1n) is 7.42. The third-order valence-corrected chi connectivity index (χ3v) is 6.01. The van der Waals surface area contributed by atoms with Crippen LogP contribution in [0.3, 0.4) is 0 Å². The molecule has 2 fully saturated rings. The maximum atomic E-state index is 6.20. The van der Waals surface area contributed by atoms with Crippen LogP contribution in [0.4, 0.5) is 0 Å². The summed E-state index contributed by atoms with van der Waals surface area (Å²) in [6.07, 6.45) is 5.08. The van der Waals surface area contributed by atoms with Gasteiger partial charge in [-0.25, -0.2) is 0 Å². The fourth-order valence-corrected chi connectivity index (χ4v) is 5.10. The van der Waals surface area contributed by atoms with Gasteiger partial charge in [0.05, 0.1) is 11.9 Å². The summed E-state index contributed by atoms with van der Waals surface area (Å²) in [6.45, 7) is 3.94. The summed E-state index contributed by atoms with van der Waals surface area (Å²) < 4.78 is 11.4. The van der Waals surface area contributed by atoms with Crippen molar-refractivity contribution in [2.45, 2.75) is 37.8 Å². The molecule has 3 rings (SSSR count). The van der Waals surface area contributed by atoms with Gasteiger partial charge in [-0.1, -0.05) is 6.92 Å². The van der Waals surface area contributed by atoms with Crippen molar-refractivity contribution in [3.05, 3.63) is 23.1 Å². The number of hydrogen-bond acceptors (Lipinski definition) is 4. The largest absolute Gasteiger partial charge is 0.453 e. The van der Waals surface area contributed by atoms with Crippen LogP contribution >= 0.6 is 23.4 Å². The minimum atomic E-state index is 0.109. The summed E-state index contributed by atoms with van der Waals surface area (Å²) in [4.78, 5) is 0. The van der Waals surface area contributed by atoms with Crippen molar-refractivity contribution < 1.29 is 9.15 Å². The monoisotopic (exact) mass is 315 g/mol. The molecule has 2 saturated heterocycles. The molecule has 1 aromatic rings. The molecular formula is C15H22ClNO2S. The standard InChI is InChI=1S/C15H22ClNO2S/c1-2-17-13(12-4-6-18-14(12)16)11-3-7-19-15(9-11)5-8-20-10-15/h4,6,11,13,17H,2-3,5,7-10H2,1H3. The number of hydrogen-bond donors (Lipinski definition) is 1. The molecule has 5 heteroatoms. The molecule has 1 N–H and O–H groups in total. The van der Waals surface area contributed by atoms with Crippen molar-refractivity contribution in [3.8, 4) is 0 Å². The van der Waals surface area contributed by atoms with Crippen molar-refractivity contribution in [1.29, 1.82) is 0 Å². The molecule has 0 bridgehead atoms. The summed E-state index contributed by atoms with van der Waals surface area (Å²) in [7, 11) is 0. The second-order valence-electron chi connectivity index (χ2n) is 5.77. The van der Waals surface area contributed by atoms with Crippen molar-refractivity contribution >= 4 is 23.4 Å². The predicted molar refractivity (Wildman–Crippen MR) is 83.5 cm³/mol. The minimum Gasteiger partial charge on any atom is -0.453 e. The van der Waals surface area contributed by atoms with Gasteiger partial charge in [-0.3, -0.25) is 0 Å². The fraction of sp³-hybridized carbons (Fsp3) is 0.733. The first-order chi connectivity index (χ1) is 9.74. The van der Waals surface area contributed by atoms with E-state index in [1.165, 1.54) is 12.2 Å². The molecule has 0 aromatic carbocycles. The number of halogens is 1. The third kappa shape index (κ3) is 2.89. The molecule has 1 aromatic heterocycles. The van der Waals surface area contributed by atoms with Gasteiger partial charge >= 0.3 is 0 Å². The molecule has 0 amide bonds. The zero-order valence-corrected chi connectivity index (χ0v) is 13.4. The van der Waals surface area contributed by atoms with Crippen LogP contribution in [0, 0.1) is 5.92 Å². The molecule has 3 unspecified atom stereocenters. The van der Waals surface area contributed by atoms with Crippen molar-refractivity contribution in [2.75, 3.05) is 24.7 Å². The number of rotatable bonds is 4. The Morgan fingerprint density at radius 1 is 1.60 bits per heavy atom. The molecule has 112 valence electrons. The molecule has 2 aliphatic heterocycles. The molecule has 2 aliphatic rings. The maximum absolute atomic E-state index is 6.20. The van der Waals surface area contributed by atoms with Gasteiger partial charge in [-0.05, 0) is 55.1 Å². The Morgan fingerprint density at radius 2 is 2.50 bits per heavy atom. The Labute approximate surface area is 129 Å². The second kappa shape index (κ2) is 6.30. The van der Waals surface area contributed by atoms with E-state index in [2.05, 4.69) is 12.2 Å². The normalized spacial score (nSPS) is 31.8. The van der Waals surface area contributed by atoms with Crippen molar-refractivity contribution in [1.82, 2.24) is 5.32 Å². The van der Waals surface area contributed by atoms with E-state index in [0.717, 1.165) is 37.3 Å². The summed E-state index contributed by atoms with van der Waals surface area (Å²) in [5.74, 6) is 2.93. The van der Waals surface area contributed by atoms with Gasteiger partial charge in [0, 0.05) is 24.0 Å². The Hall–Kier alpha value is -0.160. The quantitative estimate of drug-likeness (QED) is 0.914. The molecule has 0 aliphatic carbocycles. The summed E-state index contributed by atoms with van der Waals surface area (Å²) in [5, 5.41) is 4.12. The third-order valence-electron chi connectivity index (χ3n) is 4.47. The van der Waals surface area contributed by atoms with E-state index in [1.807, 2.05) is 17.8 Å². The average molecular weight is 316 g/mol. The van der Waals surface area contributed by atoms with Gasteiger partial charge < -0.3 is 14.5 Å². The van der Waals surface area contributed by atoms with Crippen LogP contribution in [0.25, 0.3) is 0 Å². The van der Waals surface area contributed by atoms with Crippen LogP contribution in [0.2, 0.25) is 5.22 Å². The van der Waals surface area contributed by atoms with Crippen LogP contribution < -0.4 is 5.32 Å². The molecule has 3 nitrogen and oxygen atoms in total. The first-order valence-corrected chi connectivity index (χ1v) is 8.95. The molecule has 3 atom stereocenters. The van der Waals surface area contributed by atoms with Crippen molar-refractivity contribution in [3.63, 3.8) is 0 Å². The average Bonchev–Trinajstić information content (AvgIpc) is 3.06. The van der Waals surface area contributed by atoms with Crippen molar-refractivity contribution in [2.24, 2.45) is 5.92 Å². The molecule has 3 heterocycles. The van der Waals surface area contributed by atoms with E-state index in [-0.39, 0.29) is 11.6 Å². The van der Waals surface area contributed by atoms with Gasteiger partial charge in [0.15, 0.2) is 5.22 Å². The number of thioether (sulfide) groups is 1. The zero-order chi connectivity index (χ0) is 14.0. The molecule has 0 saturated carbocycles. The molecule has 0 radical (unpaired) electrons. The van der Waals surface area contributed by atoms with Gasteiger partial charge in [-0.15, -0.1) is 0 Å². The lowest BCUT2D eigenvalue weighted by Crippen LogP contribution is -2.43. The smallest absolute Gasteiger partial charge is 0.197 e. The molecule has 1 spiro atoms. The summed E-state index contributed by atoms with van der Waals surface area (Å²) >= 11 is 8.22. The zero-order valence-electron chi connectivity index (χ0n) is 11.9. The number of furan rings is 1. The number of nitrogens with one attached hydrogen (secondary N) is 1. The van der Waals surface area contributed by atoms with Gasteiger partial charge in [0.25, 0.3) is 0 Å². The Morgan fingerprint density at radius 3 is 3.15 bits per heavy atom. The lowest BCUT2D eigenvalue weighted by molar-refractivity contribution is -0.0853. The second-order valence-corrected chi connectivity index (χ2v) is 7.22.